The summed E-state index contributed by atoms with van der Waals surface area (Å²) in [5.41, 5.74) is -1.88. The van der Waals surface area contributed by atoms with E-state index in [1.54, 1.807) is 6.92 Å². The minimum atomic E-state index is -3.27. The molecular formula is C20H25F5O. The quantitative estimate of drug-likeness (QED) is 0.451. The van der Waals surface area contributed by atoms with Crippen LogP contribution in [0, 0.1) is 17.7 Å². The highest BCUT2D eigenvalue weighted by molar-refractivity contribution is 5.66. The van der Waals surface area contributed by atoms with Crippen LogP contribution in [-0.2, 0) is 0 Å². The Hall–Kier alpha value is -1.59. The Morgan fingerprint density at radius 1 is 1.12 bits per heavy atom. The molecule has 1 aromatic carbocycles. The third kappa shape index (κ3) is 4.57. The summed E-state index contributed by atoms with van der Waals surface area (Å²) in [5.74, 6) is -4.30. The summed E-state index contributed by atoms with van der Waals surface area (Å²) in [6.07, 6.45) is 1.37. The molecule has 1 aliphatic carbocycles. The molecule has 0 saturated heterocycles. The molecule has 0 heterocycles. The molecule has 1 nitrogen and oxygen atoms in total. The van der Waals surface area contributed by atoms with Crippen LogP contribution in [0.15, 0.2) is 18.0 Å². The molecule has 2 rings (SSSR count). The Balaban J connectivity index is 2.31. The number of rotatable bonds is 7. The van der Waals surface area contributed by atoms with Gasteiger partial charge in [0.1, 0.15) is 5.83 Å². The van der Waals surface area contributed by atoms with Crippen molar-refractivity contribution in [1.29, 1.82) is 0 Å². The fourth-order valence-electron chi connectivity index (χ4n) is 3.67. The van der Waals surface area contributed by atoms with E-state index in [0.717, 1.165) is 37.8 Å². The van der Waals surface area contributed by atoms with Crippen LogP contribution in [-0.4, -0.2) is 6.61 Å². The molecule has 1 saturated carbocycles. The molecule has 0 spiro atoms. The normalized spacial score (nSPS) is 21.7. The van der Waals surface area contributed by atoms with E-state index in [-0.39, 0.29) is 12.4 Å². The Bertz CT molecular complexity index is 633. The lowest BCUT2D eigenvalue weighted by molar-refractivity contribution is 0.144. The second-order valence-electron chi connectivity index (χ2n) is 6.74. The van der Waals surface area contributed by atoms with E-state index < -0.39 is 40.9 Å². The number of allylic oxidation sites excluding steroid dienone is 1. The Kier molecular flexibility index (Phi) is 7.47. The minimum Gasteiger partial charge on any atom is -0.491 e. The maximum atomic E-state index is 14.6. The van der Waals surface area contributed by atoms with Crippen LogP contribution in [0.5, 0.6) is 5.75 Å². The van der Waals surface area contributed by atoms with Crippen molar-refractivity contribution in [3.05, 3.63) is 34.9 Å². The molecule has 1 aromatic rings. The van der Waals surface area contributed by atoms with E-state index >= 15 is 0 Å². The van der Waals surface area contributed by atoms with Crippen molar-refractivity contribution in [2.75, 3.05) is 6.61 Å². The lowest BCUT2D eigenvalue weighted by Gasteiger charge is -2.27. The maximum Gasteiger partial charge on any atom is 0.267 e. The third-order valence-corrected chi connectivity index (χ3v) is 5.01. The van der Waals surface area contributed by atoms with E-state index in [4.69, 9.17) is 4.74 Å². The zero-order chi connectivity index (χ0) is 19.3. The molecule has 0 unspecified atom stereocenters. The number of hydrogen-bond donors (Lipinski definition) is 0. The molecule has 1 fully saturated rings. The summed E-state index contributed by atoms with van der Waals surface area (Å²) >= 11 is 0. The van der Waals surface area contributed by atoms with Gasteiger partial charge in [-0.05, 0) is 50.7 Å². The van der Waals surface area contributed by atoms with Gasteiger partial charge < -0.3 is 4.74 Å². The second-order valence-corrected chi connectivity index (χ2v) is 6.74. The van der Waals surface area contributed by atoms with Gasteiger partial charge in [-0.25, -0.2) is 22.0 Å². The standard InChI is InChI=1S/C20H25F5O/c1-3-5-12-6-8-13(9-7-12)17(21)18(22)14-10-11-15(26-4-2)19(23)16(14)20(24)25/h10-13,20H,3-9H2,1-2H3/b18-17+. The van der Waals surface area contributed by atoms with Crippen LogP contribution in [0.1, 0.15) is 69.9 Å². The summed E-state index contributed by atoms with van der Waals surface area (Å²) in [5, 5.41) is 0. The molecule has 1 aliphatic rings. The van der Waals surface area contributed by atoms with Crippen LogP contribution in [0.4, 0.5) is 22.0 Å². The predicted molar refractivity (Wildman–Crippen MR) is 92.0 cm³/mol. The first kappa shape index (κ1) is 20.7. The molecule has 6 heteroatoms. The topological polar surface area (TPSA) is 9.23 Å². The lowest BCUT2D eigenvalue weighted by atomic mass is 9.79. The van der Waals surface area contributed by atoms with Crippen molar-refractivity contribution in [2.24, 2.45) is 11.8 Å². The van der Waals surface area contributed by atoms with E-state index in [2.05, 4.69) is 6.92 Å². The Morgan fingerprint density at radius 2 is 1.77 bits per heavy atom. The van der Waals surface area contributed by atoms with Gasteiger partial charge in [0.15, 0.2) is 17.4 Å². The van der Waals surface area contributed by atoms with Crippen molar-refractivity contribution >= 4 is 5.83 Å². The molecule has 0 amide bonds. The summed E-state index contributed by atoms with van der Waals surface area (Å²) in [6, 6.07) is 2.03. The van der Waals surface area contributed by atoms with Gasteiger partial charge in [0.25, 0.3) is 6.43 Å². The third-order valence-electron chi connectivity index (χ3n) is 5.01. The molecule has 0 atom stereocenters. The average Bonchev–Trinajstić information content (AvgIpc) is 2.62. The van der Waals surface area contributed by atoms with Gasteiger partial charge in [0.2, 0.25) is 0 Å². The number of halogens is 5. The smallest absolute Gasteiger partial charge is 0.267 e. The van der Waals surface area contributed by atoms with E-state index in [1.807, 2.05) is 0 Å². The molecule has 0 bridgehead atoms. The fourth-order valence-corrected chi connectivity index (χ4v) is 3.67. The summed E-state index contributed by atoms with van der Waals surface area (Å²) in [7, 11) is 0. The minimum absolute atomic E-state index is 0.0760. The van der Waals surface area contributed by atoms with Gasteiger partial charge in [-0.2, -0.15) is 0 Å². The number of hydrogen-bond acceptors (Lipinski definition) is 1. The van der Waals surface area contributed by atoms with Crippen LogP contribution < -0.4 is 4.74 Å². The van der Waals surface area contributed by atoms with Crippen LogP contribution in [0.2, 0.25) is 0 Å². The first-order chi connectivity index (χ1) is 12.4. The zero-order valence-corrected chi connectivity index (χ0v) is 15.1. The zero-order valence-electron chi connectivity index (χ0n) is 15.1. The molecule has 26 heavy (non-hydrogen) atoms. The first-order valence-corrected chi connectivity index (χ1v) is 9.19. The largest absolute Gasteiger partial charge is 0.491 e. The van der Waals surface area contributed by atoms with Gasteiger partial charge in [-0.1, -0.05) is 19.8 Å². The Labute approximate surface area is 151 Å². The number of benzene rings is 1. The van der Waals surface area contributed by atoms with Gasteiger partial charge in [0.05, 0.1) is 12.2 Å². The molecule has 0 N–H and O–H groups in total. The highest BCUT2D eigenvalue weighted by atomic mass is 19.3. The monoisotopic (exact) mass is 376 g/mol. The van der Waals surface area contributed by atoms with Gasteiger partial charge >= 0.3 is 0 Å². The Morgan fingerprint density at radius 3 is 2.31 bits per heavy atom. The van der Waals surface area contributed by atoms with Crippen LogP contribution in [0.25, 0.3) is 5.83 Å². The molecular weight excluding hydrogens is 351 g/mol. The maximum absolute atomic E-state index is 14.6. The number of alkyl halides is 2. The molecule has 0 radical (unpaired) electrons. The average molecular weight is 376 g/mol. The summed E-state index contributed by atoms with van der Waals surface area (Å²) in [6.45, 7) is 3.73. The molecule has 0 aliphatic heterocycles. The van der Waals surface area contributed by atoms with Crippen LogP contribution in [0.3, 0.4) is 0 Å². The highest BCUT2D eigenvalue weighted by Gasteiger charge is 2.30. The molecule has 0 aromatic heterocycles. The van der Waals surface area contributed by atoms with Crippen molar-refractivity contribution < 1.29 is 26.7 Å². The second kappa shape index (κ2) is 9.38. The lowest BCUT2D eigenvalue weighted by Crippen LogP contribution is -2.15. The molecule has 146 valence electrons. The van der Waals surface area contributed by atoms with Crippen molar-refractivity contribution in [3.8, 4) is 5.75 Å². The number of ether oxygens (including phenoxy) is 1. The predicted octanol–water partition coefficient (Wildman–Crippen LogP) is 7.38. The van der Waals surface area contributed by atoms with E-state index in [9.17, 15) is 22.0 Å². The van der Waals surface area contributed by atoms with Crippen molar-refractivity contribution in [2.45, 2.75) is 58.8 Å². The van der Waals surface area contributed by atoms with E-state index in [1.165, 1.54) is 0 Å². The van der Waals surface area contributed by atoms with Gasteiger partial charge in [-0.3, -0.25) is 0 Å². The first-order valence-electron chi connectivity index (χ1n) is 9.19. The van der Waals surface area contributed by atoms with E-state index in [0.29, 0.717) is 18.8 Å². The van der Waals surface area contributed by atoms with Crippen molar-refractivity contribution in [1.82, 2.24) is 0 Å². The summed E-state index contributed by atoms with van der Waals surface area (Å²) < 4.78 is 75.0. The fraction of sp³-hybridized carbons (Fsp3) is 0.600. The van der Waals surface area contributed by atoms with Gasteiger partial charge in [-0.15, -0.1) is 0 Å². The van der Waals surface area contributed by atoms with Gasteiger partial charge in [0, 0.05) is 11.5 Å². The SMILES string of the molecule is CCCC1CCC(/C(F)=C(\F)c2ccc(OCC)c(F)c2C(F)F)CC1. The van der Waals surface area contributed by atoms with Crippen LogP contribution >= 0.6 is 0 Å². The summed E-state index contributed by atoms with van der Waals surface area (Å²) in [4.78, 5) is 0. The highest BCUT2D eigenvalue weighted by Crippen LogP contribution is 2.42. The van der Waals surface area contributed by atoms with Crippen molar-refractivity contribution in [3.63, 3.8) is 0 Å².